The van der Waals surface area contributed by atoms with Crippen LogP contribution in [0.25, 0.3) is 12.2 Å². The van der Waals surface area contributed by atoms with Gasteiger partial charge in [0.1, 0.15) is 27.8 Å². The van der Waals surface area contributed by atoms with Crippen LogP contribution in [-0.4, -0.2) is 62.1 Å². The van der Waals surface area contributed by atoms with E-state index in [-0.39, 0.29) is 16.6 Å². The van der Waals surface area contributed by atoms with Gasteiger partial charge in [0, 0.05) is 39.3 Å². The number of rotatable bonds is 7. The first-order valence-electron chi connectivity index (χ1n) is 11.1. The molecule has 0 spiro atoms. The predicted octanol–water partition coefficient (Wildman–Crippen LogP) is 3.03. The molecule has 0 bridgehead atoms. The fourth-order valence-corrected chi connectivity index (χ4v) is 5.45. The zero-order chi connectivity index (χ0) is 25.0. The number of aromatic nitrogens is 2. The molecule has 4 rings (SSSR count). The average Bonchev–Trinajstić information content (AvgIpc) is 3.21. The van der Waals surface area contributed by atoms with Gasteiger partial charge in [0.2, 0.25) is 15.9 Å². The molecule has 3 heterocycles. The molecular weight excluding hydrogens is 470 g/mol. The number of sulfonamides is 1. The van der Waals surface area contributed by atoms with Gasteiger partial charge < -0.3 is 19.5 Å². The first kappa shape index (κ1) is 24.4. The highest BCUT2D eigenvalue weighted by molar-refractivity contribution is 7.89. The molecule has 35 heavy (non-hydrogen) atoms. The number of amides is 1. The summed E-state index contributed by atoms with van der Waals surface area (Å²) in [6, 6.07) is 10.6. The maximum absolute atomic E-state index is 13.5. The summed E-state index contributed by atoms with van der Waals surface area (Å²) >= 11 is 0. The van der Waals surface area contributed by atoms with E-state index in [9.17, 15) is 13.2 Å². The second-order valence-electron chi connectivity index (χ2n) is 8.01. The molecule has 3 aromatic rings. The summed E-state index contributed by atoms with van der Waals surface area (Å²) in [6.07, 6.45) is 5.05. The molecule has 1 saturated heterocycles. The van der Waals surface area contributed by atoms with Crippen molar-refractivity contribution in [1.29, 1.82) is 0 Å². The third kappa shape index (κ3) is 5.36. The molecule has 2 aromatic heterocycles. The fraction of sp³-hybridized carbons (Fsp3) is 0.292. The lowest BCUT2D eigenvalue weighted by Gasteiger charge is -2.34. The van der Waals surface area contributed by atoms with Crippen molar-refractivity contribution in [3.63, 3.8) is 0 Å². The molecule has 0 saturated carbocycles. The number of ether oxygens (including phenoxy) is 1. The van der Waals surface area contributed by atoms with Crippen molar-refractivity contribution < 1.29 is 22.5 Å². The van der Waals surface area contributed by atoms with Gasteiger partial charge in [-0.15, -0.1) is 0 Å². The Kier molecular flexibility index (Phi) is 7.17. The SMILES string of the molecule is COc1ccc(C=Cc2onc(C)c2NC(C)=O)cc1S(=O)(=O)N1CCN(c2ccccn2)CC1. The normalized spacial score (nSPS) is 14.9. The highest BCUT2D eigenvalue weighted by atomic mass is 32.2. The van der Waals surface area contributed by atoms with E-state index in [0.717, 1.165) is 5.82 Å². The smallest absolute Gasteiger partial charge is 0.246 e. The highest BCUT2D eigenvalue weighted by Crippen LogP contribution is 2.30. The molecule has 1 aromatic carbocycles. The van der Waals surface area contributed by atoms with E-state index in [1.54, 1.807) is 43.5 Å². The number of aryl methyl sites for hydroxylation is 1. The van der Waals surface area contributed by atoms with Crippen LogP contribution in [0.3, 0.4) is 0 Å². The standard InChI is InChI=1S/C24H27N5O5S/c1-17-24(26-18(2)30)21(34-27-17)10-8-19-7-9-20(33-3)22(16-19)35(31,32)29-14-12-28(13-15-29)23-6-4-5-11-25-23/h4-11,16H,12-15H2,1-3H3,(H,26,30). The van der Waals surface area contributed by atoms with Crippen molar-refractivity contribution in [3.8, 4) is 5.75 Å². The van der Waals surface area contributed by atoms with Crippen LogP contribution >= 0.6 is 0 Å². The number of piperazine rings is 1. The molecular formula is C24H27N5O5S. The first-order valence-corrected chi connectivity index (χ1v) is 12.5. The molecule has 0 atom stereocenters. The summed E-state index contributed by atoms with van der Waals surface area (Å²) in [6.45, 7) is 4.86. The summed E-state index contributed by atoms with van der Waals surface area (Å²) < 4.78 is 39.2. The zero-order valence-corrected chi connectivity index (χ0v) is 20.6. The number of nitrogens with zero attached hydrogens (tertiary/aromatic N) is 4. The summed E-state index contributed by atoms with van der Waals surface area (Å²) in [7, 11) is -2.36. The van der Waals surface area contributed by atoms with Crippen LogP contribution in [0.2, 0.25) is 0 Å². The molecule has 1 aliphatic rings. The Morgan fingerprint density at radius 2 is 1.91 bits per heavy atom. The van der Waals surface area contributed by atoms with E-state index in [1.807, 2.05) is 18.2 Å². The number of nitrogens with one attached hydrogen (secondary N) is 1. The van der Waals surface area contributed by atoms with Crippen LogP contribution in [0.15, 0.2) is 52.0 Å². The van der Waals surface area contributed by atoms with Gasteiger partial charge in [0.05, 0.1) is 7.11 Å². The van der Waals surface area contributed by atoms with Crippen LogP contribution < -0.4 is 15.0 Å². The minimum atomic E-state index is -3.80. The molecule has 0 radical (unpaired) electrons. The van der Waals surface area contributed by atoms with Gasteiger partial charge in [-0.25, -0.2) is 13.4 Å². The zero-order valence-electron chi connectivity index (χ0n) is 19.8. The molecule has 1 amide bonds. The van der Waals surface area contributed by atoms with Crippen molar-refractivity contribution in [2.75, 3.05) is 43.5 Å². The number of carbonyl (C=O) groups excluding carboxylic acids is 1. The van der Waals surface area contributed by atoms with Gasteiger partial charge in [0.25, 0.3) is 0 Å². The summed E-state index contributed by atoms with van der Waals surface area (Å²) in [4.78, 5) is 18.0. The minimum Gasteiger partial charge on any atom is -0.495 e. The van der Waals surface area contributed by atoms with Gasteiger partial charge >= 0.3 is 0 Å². The lowest BCUT2D eigenvalue weighted by Crippen LogP contribution is -2.49. The van der Waals surface area contributed by atoms with Gasteiger partial charge in [-0.1, -0.05) is 23.4 Å². The quantitative estimate of drug-likeness (QED) is 0.529. The molecule has 10 nitrogen and oxygen atoms in total. The summed E-state index contributed by atoms with van der Waals surface area (Å²) in [5.74, 6) is 1.22. The number of pyridine rings is 1. The molecule has 11 heteroatoms. The van der Waals surface area contributed by atoms with E-state index in [2.05, 4.69) is 20.4 Å². The maximum atomic E-state index is 13.5. The van der Waals surface area contributed by atoms with Crippen LogP contribution in [0.4, 0.5) is 11.5 Å². The van der Waals surface area contributed by atoms with Gasteiger partial charge in [-0.2, -0.15) is 4.31 Å². The van der Waals surface area contributed by atoms with Crippen molar-refractivity contribution in [2.45, 2.75) is 18.7 Å². The summed E-state index contributed by atoms with van der Waals surface area (Å²) in [5, 5.41) is 6.58. The van der Waals surface area contributed by atoms with Crippen molar-refractivity contribution in [2.24, 2.45) is 0 Å². The Hall–Kier alpha value is -3.70. The minimum absolute atomic E-state index is 0.0873. The Balaban J connectivity index is 1.56. The number of benzene rings is 1. The van der Waals surface area contributed by atoms with Crippen LogP contribution in [0.1, 0.15) is 23.9 Å². The van der Waals surface area contributed by atoms with Crippen LogP contribution in [0, 0.1) is 6.92 Å². The predicted molar refractivity (Wildman–Crippen MR) is 133 cm³/mol. The largest absolute Gasteiger partial charge is 0.495 e. The molecule has 184 valence electrons. The Morgan fingerprint density at radius 3 is 2.57 bits per heavy atom. The van der Waals surface area contributed by atoms with Crippen LogP contribution in [0.5, 0.6) is 5.75 Å². The molecule has 0 unspecified atom stereocenters. The highest BCUT2D eigenvalue weighted by Gasteiger charge is 2.31. The average molecular weight is 498 g/mol. The van der Waals surface area contributed by atoms with E-state index in [4.69, 9.17) is 9.26 Å². The third-order valence-electron chi connectivity index (χ3n) is 5.63. The van der Waals surface area contributed by atoms with Gasteiger partial charge in [-0.3, -0.25) is 4.79 Å². The molecule has 1 aliphatic heterocycles. The van der Waals surface area contributed by atoms with E-state index < -0.39 is 10.0 Å². The third-order valence-corrected chi connectivity index (χ3v) is 7.55. The number of methoxy groups -OCH3 is 1. The van der Waals surface area contributed by atoms with E-state index in [1.165, 1.54) is 18.3 Å². The number of anilines is 2. The Bertz CT molecular complexity index is 1330. The molecule has 0 aliphatic carbocycles. The molecule has 1 N–H and O–H groups in total. The van der Waals surface area contributed by atoms with E-state index in [0.29, 0.717) is 48.9 Å². The Morgan fingerprint density at radius 1 is 1.14 bits per heavy atom. The van der Waals surface area contributed by atoms with Crippen molar-refractivity contribution >= 4 is 39.6 Å². The summed E-state index contributed by atoms with van der Waals surface area (Å²) in [5.41, 5.74) is 1.64. The lowest BCUT2D eigenvalue weighted by molar-refractivity contribution is -0.114. The maximum Gasteiger partial charge on any atom is 0.246 e. The number of hydrogen-bond acceptors (Lipinski definition) is 8. The fourth-order valence-electron chi connectivity index (χ4n) is 3.84. The van der Waals surface area contributed by atoms with E-state index >= 15 is 0 Å². The number of hydrogen-bond donors (Lipinski definition) is 1. The second-order valence-corrected chi connectivity index (χ2v) is 9.92. The topological polar surface area (TPSA) is 118 Å². The van der Waals surface area contributed by atoms with Crippen LogP contribution in [-0.2, 0) is 14.8 Å². The van der Waals surface area contributed by atoms with Gasteiger partial charge in [-0.05, 0) is 42.8 Å². The molecule has 1 fully saturated rings. The van der Waals surface area contributed by atoms with Crippen molar-refractivity contribution in [3.05, 3.63) is 59.6 Å². The lowest BCUT2D eigenvalue weighted by atomic mass is 10.2. The number of carbonyl (C=O) groups is 1. The second kappa shape index (κ2) is 10.3. The first-order chi connectivity index (χ1) is 16.8. The van der Waals surface area contributed by atoms with Gasteiger partial charge in [0.15, 0.2) is 5.76 Å². The Labute approximate surface area is 204 Å². The van der Waals surface area contributed by atoms with Crippen molar-refractivity contribution in [1.82, 2.24) is 14.4 Å². The monoisotopic (exact) mass is 497 g/mol.